The lowest BCUT2D eigenvalue weighted by Crippen LogP contribution is -2.68. The molecule has 1 aromatic rings. The number of hydrogen-bond acceptors (Lipinski definition) is 4. The first-order valence-electron chi connectivity index (χ1n) is 6.60. The number of nitrogens with one attached hydrogen (secondary N) is 1. The van der Waals surface area contributed by atoms with Gasteiger partial charge in [0.25, 0.3) is 0 Å². The molecule has 2 atom stereocenters. The normalized spacial score (nSPS) is 28.7. The highest BCUT2D eigenvalue weighted by Crippen LogP contribution is 2.51. The molecule has 1 aliphatic rings. The van der Waals surface area contributed by atoms with Crippen LogP contribution >= 0.6 is 11.3 Å². The minimum absolute atomic E-state index is 0.0297. The van der Waals surface area contributed by atoms with Gasteiger partial charge in [-0.25, -0.2) is 4.98 Å². The van der Waals surface area contributed by atoms with Crippen molar-refractivity contribution in [3.8, 4) is 0 Å². The minimum Gasteiger partial charge on any atom is -0.378 e. The van der Waals surface area contributed by atoms with E-state index >= 15 is 0 Å². The summed E-state index contributed by atoms with van der Waals surface area (Å²) >= 11 is 1.56. The van der Waals surface area contributed by atoms with E-state index in [4.69, 9.17) is 4.74 Å². The maximum absolute atomic E-state index is 12.0. The van der Waals surface area contributed by atoms with Gasteiger partial charge in [-0.3, -0.25) is 4.79 Å². The molecule has 0 radical (unpaired) electrons. The zero-order chi connectivity index (χ0) is 14.1. The number of methoxy groups -OCH3 is 1. The van der Waals surface area contributed by atoms with E-state index in [-0.39, 0.29) is 23.0 Å². The molecule has 1 heterocycles. The van der Waals surface area contributed by atoms with E-state index in [1.807, 2.05) is 5.38 Å². The average molecular weight is 282 g/mol. The number of thiazole rings is 1. The lowest BCUT2D eigenvalue weighted by Gasteiger charge is -2.59. The van der Waals surface area contributed by atoms with Crippen LogP contribution in [0.2, 0.25) is 0 Å². The first kappa shape index (κ1) is 14.5. The molecule has 19 heavy (non-hydrogen) atoms. The van der Waals surface area contributed by atoms with Crippen LogP contribution in [0.4, 0.5) is 0 Å². The SMILES string of the molecule is COC1(C)CC(NC(=O)CCc2cscn2)C1(C)C. The topological polar surface area (TPSA) is 51.2 Å². The van der Waals surface area contributed by atoms with Crippen molar-refractivity contribution in [1.82, 2.24) is 10.3 Å². The lowest BCUT2D eigenvalue weighted by atomic mass is 9.56. The molecule has 2 rings (SSSR count). The highest BCUT2D eigenvalue weighted by Gasteiger charge is 2.58. The van der Waals surface area contributed by atoms with Gasteiger partial charge < -0.3 is 10.1 Å². The van der Waals surface area contributed by atoms with E-state index in [0.29, 0.717) is 12.8 Å². The third-order valence-corrected chi connectivity index (χ3v) is 5.34. The van der Waals surface area contributed by atoms with Gasteiger partial charge in [0.15, 0.2) is 0 Å². The number of nitrogens with zero attached hydrogens (tertiary/aromatic N) is 1. The van der Waals surface area contributed by atoms with Gasteiger partial charge in [-0.05, 0) is 19.8 Å². The standard InChI is InChI=1S/C14H22N2O2S/c1-13(2)11(7-14(13,3)18-4)16-12(17)6-5-10-8-19-9-15-10/h8-9,11H,5-7H2,1-4H3,(H,16,17). The largest absolute Gasteiger partial charge is 0.378 e. The first-order valence-corrected chi connectivity index (χ1v) is 7.55. The third kappa shape index (κ3) is 2.67. The monoisotopic (exact) mass is 282 g/mol. The summed E-state index contributed by atoms with van der Waals surface area (Å²) in [6.45, 7) is 6.39. The van der Waals surface area contributed by atoms with E-state index in [2.05, 4.69) is 31.1 Å². The first-order chi connectivity index (χ1) is 8.89. The summed E-state index contributed by atoms with van der Waals surface area (Å²) in [6, 6.07) is 0.195. The molecule has 106 valence electrons. The van der Waals surface area contributed by atoms with E-state index in [9.17, 15) is 4.79 Å². The predicted molar refractivity (Wildman–Crippen MR) is 76.2 cm³/mol. The highest BCUT2D eigenvalue weighted by atomic mass is 32.1. The van der Waals surface area contributed by atoms with E-state index in [0.717, 1.165) is 12.1 Å². The Labute approximate surface area is 118 Å². The van der Waals surface area contributed by atoms with Gasteiger partial charge in [-0.1, -0.05) is 13.8 Å². The second-order valence-corrected chi connectivity index (χ2v) is 6.68. The zero-order valence-corrected chi connectivity index (χ0v) is 12.8. The zero-order valence-electron chi connectivity index (χ0n) is 12.0. The van der Waals surface area contributed by atoms with Crippen molar-refractivity contribution < 1.29 is 9.53 Å². The van der Waals surface area contributed by atoms with Gasteiger partial charge in [-0.2, -0.15) is 0 Å². The van der Waals surface area contributed by atoms with Crippen molar-refractivity contribution in [3.63, 3.8) is 0 Å². The molecule has 1 amide bonds. The number of aromatic nitrogens is 1. The van der Waals surface area contributed by atoms with Crippen LogP contribution in [0.1, 0.15) is 39.3 Å². The number of carbonyl (C=O) groups excluding carboxylic acids is 1. The van der Waals surface area contributed by atoms with Gasteiger partial charge in [0.2, 0.25) is 5.91 Å². The fraction of sp³-hybridized carbons (Fsp3) is 0.714. The maximum atomic E-state index is 12.0. The van der Waals surface area contributed by atoms with Crippen LogP contribution in [0.15, 0.2) is 10.9 Å². The Balaban J connectivity index is 1.81. The number of ether oxygens (including phenoxy) is 1. The molecule has 2 unspecified atom stereocenters. The van der Waals surface area contributed by atoms with Gasteiger partial charge in [0.1, 0.15) is 0 Å². The highest BCUT2D eigenvalue weighted by molar-refractivity contribution is 7.07. The minimum atomic E-state index is -0.139. The molecule has 5 heteroatoms. The predicted octanol–water partition coefficient (Wildman–Crippen LogP) is 2.40. The molecule has 1 N–H and O–H groups in total. The molecule has 1 fully saturated rings. The van der Waals surface area contributed by atoms with E-state index < -0.39 is 0 Å². The van der Waals surface area contributed by atoms with Crippen LogP contribution in [-0.4, -0.2) is 29.6 Å². The van der Waals surface area contributed by atoms with Gasteiger partial charge in [0, 0.05) is 30.4 Å². The van der Waals surface area contributed by atoms with Crippen LogP contribution in [0.25, 0.3) is 0 Å². The van der Waals surface area contributed by atoms with E-state index in [1.54, 1.807) is 24.0 Å². The fourth-order valence-electron chi connectivity index (χ4n) is 2.59. The number of amides is 1. The molecule has 1 aliphatic carbocycles. The summed E-state index contributed by atoms with van der Waals surface area (Å²) in [7, 11) is 1.74. The molecular weight excluding hydrogens is 260 g/mol. The van der Waals surface area contributed by atoms with Crippen LogP contribution in [0, 0.1) is 5.41 Å². The van der Waals surface area contributed by atoms with Crippen molar-refractivity contribution in [3.05, 3.63) is 16.6 Å². The van der Waals surface area contributed by atoms with Crippen molar-refractivity contribution in [1.29, 1.82) is 0 Å². The van der Waals surface area contributed by atoms with Crippen LogP contribution < -0.4 is 5.32 Å². The van der Waals surface area contributed by atoms with Crippen LogP contribution in [0.5, 0.6) is 0 Å². The average Bonchev–Trinajstić information content (AvgIpc) is 2.88. The summed E-state index contributed by atoms with van der Waals surface area (Å²) < 4.78 is 5.56. The summed E-state index contributed by atoms with van der Waals surface area (Å²) in [6.07, 6.45) is 2.09. The lowest BCUT2D eigenvalue weighted by molar-refractivity contribution is -0.182. The van der Waals surface area contributed by atoms with Gasteiger partial charge in [-0.15, -0.1) is 11.3 Å². The molecule has 0 spiro atoms. The fourth-order valence-corrected chi connectivity index (χ4v) is 3.19. The number of carbonyl (C=O) groups is 1. The molecule has 1 saturated carbocycles. The van der Waals surface area contributed by atoms with E-state index in [1.165, 1.54) is 0 Å². The molecule has 0 aliphatic heterocycles. The van der Waals surface area contributed by atoms with Gasteiger partial charge >= 0.3 is 0 Å². The molecular formula is C14H22N2O2S. The molecule has 4 nitrogen and oxygen atoms in total. The second-order valence-electron chi connectivity index (χ2n) is 5.96. The Kier molecular flexibility index (Phi) is 3.97. The molecule has 0 bridgehead atoms. The summed E-state index contributed by atoms with van der Waals surface area (Å²) in [4.78, 5) is 16.1. The number of hydrogen-bond donors (Lipinski definition) is 1. The molecule has 0 aromatic carbocycles. The quantitative estimate of drug-likeness (QED) is 0.902. The van der Waals surface area contributed by atoms with Crippen LogP contribution in [0.3, 0.4) is 0 Å². The van der Waals surface area contributed by atoms with Crippen molar-refractivity contribution in [2.45, 2.75) is 51.7 Å². The van der Waals surface area contributed by atoms with Crippen molar-refractivity contribution in [2.24, 2.45) is 5.41 Å². The second kappa shape index (κ2) is 5.21. The number of aryl methyl sites for hydroxylation is 1. The Bertz CT molecular complexity index is 444. The third-order valence-electron chi connectivity index (χ3n) is 4.71. The van der Waals surface area contributed by atoms with Crippen LogP contribution in [-0.2, 0) is 16.0 Å². The smallest absolute Gasteiger partial charge is 0.220 e. The summed E-state index contributed by atoms with van der Waals surface area (Å²) in [5.74, 6) is 0.101. The molecule has 1 aromatic heterocycles. The van der Waals surface area contributed by atoms with Crippen molar-refractivity contribution >= 4 is 17.2 Å². The Morgan fingerprint density at radius 2 is 2.32 bits per heavy atom. The Morgan fingerprint density at radius 3 is 2.84 bits per heavy atom. The number of rotatable bonds is 5. The summed E-state index contributed by atoms with van der Waals surface area (Å²) in [5, 5.41) is 5.10. The maximum Gasteiger partial charge on any atom is 0.220 e. The van der Waals surface area contributed by atoms with Gasteiger partial charge in [0.05, 0.1) is 16.8 Å². The Hall–Kier alpha value is -0.940. The summed E-state index contributed by atoms with van der Waals surface area (Å²) in [5.41, 5.74) is 2.62. The Morgan fingerprint density at radius 1 is 1.58 bits per heavy atom. The van der Waals surface area contributed by atoms with Crippen molar-refractivity contribution in [2.75, 3.05) is 7.11 Å². The molecule has 0 saturated heterocycles.